The summed E-state index contributed by atoms with van der Waals surface area (Å²) in [5.41, 5.74) is 2.10. The number of unbranched alkanes of at least 4 members (excludes halogenated alkanes) is 2. The smallest absolute Gasteiger partial charge is 0.322 e. The van der Waals surface area contributed by atoms with Gasteiger partial charge in [0.15, 0.2) is 0 Å². The van der Waals surface area contributed by atoms with Gasteiger partial charge in [0, 0.05) is 0 Å². The number of benzene rings is 1. The summed E-state index contributed by atoms with van der Waals surface area (Å²) in [5, 5.41) is 10.7. The van der Waals surface area contributed by atoms with E-state index in [-0.39, 0.29) is 17.1 Å². The van der Waals surface area contributed by atoms with Crippen LogP contribution in [0.1, 0.15) is 64.0 Å². The largest absolute Gasteiger partial charge is 0.507 e. The average molecular weight is 326 g/mol. The Morgan fingerprint density at radius 1 is 1.29 bits per heavy atom. The number of carbonyl (C=O) groups excluding carboxylic acids is 1. The van der Waals surface area contributed by atoms with Crippen molar-refractivity contribution in [2.75, 3.05) is 0 Å². The number of hydrogen-bond acceptors (Lipinski definition) is 3. The molecule has 1 heterocycles. The van der Waals surface area contributed by atoms with E-state index in [4.69, 9.17) is 4.74 Å². The number of carbonyl (C=O) groups is 1. The van der Waals surface area contributed by atoms with E-state index in [9.17, 15) is 9.90 Å². The number of phenols is 1. The van der Waals surface area contributed by atoms with Gasteiger partial charge in [0.05, 0.1) is 11.0 Å². The third-order valence-electron chi connectivity index (χ3n) is 6.72. The molecule has 1 spiro atoms. The quantitative estimate of drug-likeness (QED) is 0.488. The monoisotopic (exact) mass is 326 g/mol. The van der Waals surface area contributed by atoms with Gasteiger partial charge < -0.3 is 9.84 Å². The van der Waals surface area contributed by atoms with Gasteiger partial charge in [0.2, 0.25) is 0 Å². The second-order valence-electron chi connectivity index (χ2n) is 8.19. The number of allylic oxidation sites excluding steroid dienone is 1. The van der Waals surface area contributed by atoms with Crippen LogP contribution in [0.15, 0.2) is 18.2 Å². The SMILES string of the molecule is CCCCCc1cc(O)c2c(c1)OC(=O)[C@]13CC[C@H](C=C21)C3(C)C. The zero-order valence-electron chi connectivity index (χ0n) is 14.8. The Kier molecular flexibility index (Phi) is 3.35. The molecular weight excluding hydrogens is 300 g/mol. The van der Waals surface area contributed by atoms with Gasteiger partial charge >= 0.3 is 5.97 Å². The van der Waals surface area contributed by atoms with Crippen LogP contribution < -0.4 is 4.74 Å². The fourth-order valence-corrected chi connectivity index (χ4v) is 5.18. The second-order valence-corrected chi connectivity index (χ2v) is 8.19. The van der Waals surface area contributed by atoms with Crippen LogP contribution in [-0.2, 0) is 11.2 Å². The molecule has 0 radical (unpaired) electrons. The van der Waals surface area contributed by atoms with E-state index < -0.39 is 5.41 Å². The zero-order valence-corrected chi connectivity index (χ0v) is 14.8. The lowest BCUT2D eigenvalue weighted by Crippen LogP contribution is -2.45. The Morgan fingerprint density at radius 3 is 2.79 bits per heavy atom. The topological polar surface area (TPSA) is 46.5 Å². The van der Waals surface area contributed by atoms with Crippen LogP contribution in [0.5, 0.6) is 11.5 Å². The minimum absolute atomic E-state index is 0.128. The van der Waals surface area contributed by atoms with Crippen LogP contribution in [0.3, 0.4) is 0 Å². The maximum Gasteiger partial charge on any atom is 0.322 e. The highest BCUT2D eigenvalue weighted by Gasteiger charge is 2.67. The van der Waals surface area contributed by atoms with Crippen molar-refractivity contribution in [2.45, 2.75) is 59.3 Å². The number of aromatic hydroxyl groups is 1. The number of aryl methyl sites for hydroxylation is 1. The van der Waals surface area contributed by atoms with E-state index in [0.717, 1.165) is 48.8 Å². The first kappa shape index (κ1) is 15.7. The first-order valence-corrected chi connectivity index (χ1v) is 9.22. The number of hydrogen-bond donors (Lipinski definition) is 1. The van der Waals surface area contributed by atoms with Crippen LogP contribution in [0.25, 0.3) is 5.57 Å². The van der Waals surface area contributed by atoms with Crippen LogP contribution in [-0.4, -0.2) is 11.1 Å². The summed E-state index contributed by atoms with van der Waals surface area (Å²) < 4.78 is 5.79. The van der Waals surface area contributed by atoms with Crippen molar-refractivity contribution in [3.05, 3.63) is 29.3 Å². The third kappa shape index (κ3) is 1.81. The molecule has 1 aromatic rings. The summed E-state index contributed by atoms with van der Waals surface area (Å²) in [6.07, 6.45) is 8.40. The van der Waals surface area contributed by atoms with E-state index in [1.807, 2.05) is 12.1 Å². The molecule has 0 unspecified atom stereocenters. The molecule has 4 rings (SSSR count). The van der Waals surface area contributed by atoms with Crippen molar-refractivity contribution >= 4 is 11.5 Å². The van der Waals surface area contributed by atoms with Gasteiger partial charge in [-0.15, -0.1) is 0 Å². The van der Waals surface area contributed by atoms with Crippen molar-refractivity contribution in [3.63, 3.8) is 0 Å². The Morgan fingerprint density at radius 2 is 2.08 bits per heavy atom. The standard InChI is InChI=1S/C21H26O3/c1-4-5-6-7-13-10-16(22)18-15-12-14-8-9-21(15,20(14,2)3)19(23)24-17(18)11-13/h10-12,14,22H,4-9H2,1-3H3/t14-,21+/m1/s1. The highest BCUT2D eigenvalue weighted by molar-refractivity contribution is 6.03. The normalized spacial score (nSPS) is 29.0. The maximum atomic E-state index is 13.0. The Bertz CT molecular complexity index is 744. The van der Waals surface area contributed by atoms with E-state index in [0.29, 0.717) is 11.7 Å². The van der Waals surface area contributed by atoms with Crippen molar-refractivity contribution in [3.8, 4) is 11.5 Å². The fraction of sp³-hybridized carbons (Fsp3) is 0.571. The summed E-state index contributed by atoms with van der Waals surface area (Å²) in [7, 11) is 0. The van der Waals surface area contributed by atoms with E-state index in [2.05, 4.69) is 26.8 Å². The van der Waals surface area contributed by atoms with Gasteiger partial charge in [-0.25, -0.2) is 0 Å². The first-order valence-electron chi connectivity index (χ1n) is 9.22. The number of phenolic OH excluding ortho intramolecular Hbond substituents is 1. The number of ether oxygens (including phenoxy) is 1. The Hall–Kier alpha value is -1.77. The van der Waals surface area contributed by atoms with E-state index in [1.165, 1.54) is 6.42 Å². The van der Waals surface area contributed by atoms with Gasteiger partial charge in [-0.2, -0.15) is 0 Å². The minimum Gasteiger partial charge on any atom is -0.507 e. The summed E-state index contributed by atoms with van der Waals surface area (Å²) in [6.45, 7) is 6.50. The summed E-state index contributed by atoms with van der Waals surface area (Å²) in [5.74, 6) is 1.07. The van der Waals surface area contributed by atoms with Gasteiger partial charge in [-0.3, -0.25) is 4.79 Å². The molecule has 2 aliphatic carbocycles. The number of rotatable bonds is 4. The Balaban J connectivity index is 1.78. The summed E-state index contributed by atoms with van der Waals surface area (Å²) >= 11 is 0. The molecule has 3 aliphatic rings. The van der Waals surface area contributed by atoms with Crippen LogP contribution in [0.2, 0.25) is 0 Å². The van der Waals surface area contributed by atoms with Crippen LogP contribution in [0, 0.1) is 16.7 Å². The van der Waals surface area contributed by atoms with Crippen molar-refractivity contribution in [1.82, 2.24) is 0 Å². The highest BCUT2D eigenvalue weighted by Crippen LogP contribution is 2.71. The van der Waals surface area contributed by atoms with Gasteiger partial charge in [0.25, 0.3) is 0 Å². The molecule has 128 valence electrons. The lowest BCUT2D eigenvalue weighted by molar-refractivity contribution is -0.147. The highest BCUT2D eigenvalue weighted by atomic mass is 16.5. The molecule has 1 fully saturated rings. The van der Waals surface area contributed by atoms with E-state index >= 15 is 0 Å². The molecule has 0 saturated heterocycles. The second kappa shape index (κ2) is 5.11. The lowest BCUT2D eigenvalue weighted by Gasteiger charge is -2.41. The van der Waals surface area contributed by atoms with Gasteiger partial charge in [-0.05, 0) is 60.3 Å². The van der Waals surface area contributed by atoms with Crippen molar-refractivity contribution < 1.29 is 14.6 Å². The molecule has 3 heteroatoms. The van der Waals surface area contributed by atoms with Crippen molar-refractivity contribution in [1.29, 1.82) is 0 Å². The van der Waals surface area contributed by atoms with Crippen LogP contribution >= 0.6 is 0 Å². The fourth-order valence-electron chi connectivity index (χ4n) is 5.18. The van der Waals surface area contributed by atoms with Crippen LogP contribution in [0.4, 0.5) is 0 Å². The summed E-state index contributed by atoms with van der Waals surface area (Å²) in [4.78, 5) is 13.0. The third-order valence-corrected chi connectivity index (χ3v) is 6.72. The minimum atomic E-state index is -0.578. The maximum absolute atomic E-state index is 13.0. The molecular formula is C21H26O3. The molecule has 0 amide bonds. The zero-order chi connectivity index (χ0) is 17.1. The molecule has 24 heavy (non-hydrogen) atoms. The molecule has 1 saturated carbocycles. The van der Waals surface area contributed by atoms with Gasteiger partial charge in [-0.1, -0.05) is 39.7 Å². The lowest BCUT2D eigenvalue weighted by atomic mass is 9.63. The molecule has 1 N–H and O–H groups in total. The summed E-state index contributed by atoms with van der Waals surface area (Å²) in [6, 6.07) is 3.82. The van der Waals surface area contributed by atoms with Gasteiger partial charge in [0.1, 0.15) is 11.5 Å². The molecule has 3 nitrogen and oxygen atoms in total. The number of fused-ring (bicyclic) bond motifs is 3. The molecule has 2 atom stereocenters. The van der Waals surface area contributed by atoms with Crippen molar-refractivity contribution in [2.24, 2.45) is 16.7 Å². The number of esters is 1. The molecule has 2 bridgehead atoms. The predicted octanol–water partition coefficient (Wildman–Crippen LogP) is 4.86. The average Bonchev–Trinajstić information content (AvgIpc) is 2.91. The first-order chi connectivity index (χ1) is 11.4. The molecule has 0 aromatic heterocycles. The molecule has 1 aliphatic heterocycles. The predicted molar refractivity (Wildman–Crippen MR) is 93.9 cm³/mol. The molecule has 1 aromatic carbocycles. The Labute approximate surface area is 143 Å². The van der Waals surface area contributed by atoms with E-state index in [1.54, 1.807) is 0 Å².